The second-order valence-electron chi connectivity index (χ2n) is 4.77. The molecule has 0 saturated carbocycles. The summed E-state index contributed by atoms with van der Waals surface area (Å²) in [5, 5.41) is 0. The number of nitrogens with zero attached hydrogens (tertiary/aromatic N) is 2. The smallest absolute Gasteiger partial charge is 0.216 e. The van der Waals surface area contributed by atoms with Crippen molar-refractivity contribution in [3.05, 3.63) is 18.1 Å². The first-order valence-corrected chi connectivity index (χ1v) is 6.77. The summed E-state index contributed by atoms with van der Waals surface area (Å²) in [7, 11) is 1.59. The Balaban J connectivity index is 1.84. The Labute approximate surface area is 113 Å². The van der Waals surface area contributed by atoms with Crippen LogP contribution in [0.3, 0.4) is 0 Å². The maximum absolute atomic E-state index is 5.61. The number of hydrogen-bond donors (Lipinski definition) is 2. The van der Waals surface area contributed by atoms with Gasteiger partial charge in [-0.05, 0) is 32.1 Å². The molecule has 0 radical (unpaired) electrons. The molecular formula is C13H22N4O2. The SMILES string of the molecule is COc1cc(C(CCCC2CCCO2)NN)ncn1. The van der Waals surface area contributed by atoms with Gasteiger partial charge in [-0.25, -0.2) is 9.97 Å². The third kappa shape index (κ3) is 4.12. The molecule has 1 aliphatic rings. The predicted octanol–water partition coefficient (Wildman–Crippen LogP) is 1.34. The number of aromatic nitrogens is 2. The molecule has 6 nitrogen and oxygen atoms in total. The van der Waals surface area contributed by atoms with E-state index >= 15 is 0 Å². The number of nitrogens with two attached hydrogens (primary N) is 1. The number of ether oxygens (including phenoxy) is 2. The van der Waals surface area contributed by atoms with Gasteiger partial charge in [0, 0.05) is 12.7 Å². The Morgan fingerprint density at radius 2 is 2.47 bits per heavy atom. The highest BCUT2D eigenvalue weighted by Crippen LogP contribution is 2.22. The Hall–Kier alpha value is -1.24. The van der Waals surface area contributed by atoms with Crippen LogP contribution in [0.1, 0.15) is 43.8 Å². The van der Waals surface area contributed by atoms with Gasteiger partial charge in [-0.1, -0.05) is 0 Å². The van der Waals surface area contributed by atoms with Crippen LogP contribution in [0, 0.1) is 0 Å². The summed E-state index contributed by atoms with van der Waals surface area (Å²) in [6.45, 7) is 0.909. The first kappa shape index (κ1) is 14.2. The maximum atomic E-state index is 5.61. The lowest BCUT2D eigenvalue weighted by atomic mass is 10.0. The molecule has 0 spiro atoms. The molecule has 1 aliphatic heterocycles. The van der Waals surface area contributed by atoms with Gasteiger partial charge in [0.15, 0.2) is 0 Å². The molecule has 2 atom stereocenters. The maximum Gasteiger partial charge on any atom is 0.216 e. The minimum Gasteiger partial charge on any atom is -0.481 e. The number of hydrogen-bond acceptors (Lipinski definition) is 6. The quantitative estimate of drug-likeness (QED) is 0.572. The summed E-state index contributed by atoms with van der Waals surface area (Å²) in [6.07, 6.45) is 7.37. The second-order valence-corrected chi connectivity index (χ2v) is 4.77. The van der Waals surface area contributed by atoms with Gasteiger partial charge in [0.05, 0.1) is 24.9 Å². The Bertz CT molecular complexity index is 383. The van der Waals surface area contributed by atoms with Crippen molar-refractivity contribution in [3.63, 3.8) is 0 Å². The van der Waals surface area contributed by atoms with E-state index in [2.05, 4.69) is 15.4 Å². The van der Waals surface area contributed by atoms with Crippen LogP contribution >= 0.6 is 0 Å². The zero-order valence-corrected chi connectivity index (χ0v) is 11.3. The van der Waals surface area contributed by atoms with Gasteiger partial charge in [-0.3, -0.25) is 11.3 Å². The van der Waals surface area contributed by atoms with Crippen molar-refractivity contribution in [2.24, 2.45) is 5.84 Å². The largest absolute Gasteiger partial charge is 0.481 e. The average molecular weight is 266 g/mol. The number of rotatable bonds is 7. The van der Waals surface area contributed by atoms with Crippen molar-refractivity contribution in [2.45, 2.75) is 44.2 Å². The van der Waals surface area contributed by atoms with Crippen molar-refractivity contribution in [2.75, 3.05) is 13.7 Å². The third-order valence-electron chi connectivity index (χ3n) is 3.47. The Morgan fingerprint density at radius 1 is 1.58 bits per heavy atom. The van der Waals surface area contributed by atoms with Crippen LogP contribution in [0.5, 0.6) is 5.88 Å². The minimum absolute atomic E-state index is 0.0262. The Kier molecular flexibility index (Phi) is 5.50. The van der Waals surface area contributed by atoms with E-state index < -0.39 is 0 Å². The molecule has 0 amide bonds. The molecule has 0 aliphatic carbocycles. The zero-order valence-electron chi connectivity index (χ0n) is 11.3. The van der Waals surface area contributed by atoms with E-state index in [1.807, 2.05) is 6.07 Å². The molecule has 2 unspecified atom stereocenters. The summed E-state index contributed by atoms with van der Waals surface area (Å²) < 4.78 is 10.7. The third-order valence-corrected chi connectivity index (χ3v) is 3.47. The summed E-state index contributed by atoms with van der Waals surface area (Å²) >= 11 is 0. The first-order valence-electron chi connectivity index (χ1n) is 6.77. The van der Waals surface area contributed by atoms with E-state index in [-0.39, 0.29) is 6.04 Å². The van der Waals surface area contributed by atoms with E-state index in [4.69, 9.17) is 15.3 Å². The lowest BCUT2D eigenvalue weighted by molar-refractivity contribution is 0.101. The lowest BCUT2D eigenvalue weighted by Crippen LogP contribution is -2.29. The summed E-state index contributed by atoms with van der Waals surface area (Å²) in [4.78, 5) is 8.24. The molecular weight excluding hydrogens is 244 g/mol. The highest BCUT2D eigenvalue weighted by molar-refractivity contribution is 5.16. The molecule has 0 aromatic carbocycles. The van der Waals surface area contributed by atoms with Crippen LogP contribution in [-0.4, -0.2) is 29.8 Å². The fourth-order valence-electron chi connectivity index (χ4n) is 2.39. The van der Waals surface area contributed by atoms with E-state index in [1.165, 1.54) is 19.2 Å². The van der Waals surface area contributed by atoms with Crippen molar-refractivity contribution < 1.29 is 9.47 Å². The monoisotopic (exact) mass is 266 g/mol. The standard InChI is InChI=1S/C13H22N4O2/c1-18-13-8-12(15-9-16-13)11(17-14)6-2-4-10-5-3-7-19-10/h8-11,17H,2-7,14H2,1H3. The summed E-state index contributed by atoms with van der Waals surface area (Å²) in [5.74, 6) is 6.17. The number of hydrazine groups is 1. The number of nitrogens with one attached hydrogen (secondary N) is 1. The molecule has 1 saturated heterocycles. The molecule has 106 valence electrons. The van der Waals surface area contributed by atoms with Crippen LogP contribution in [0.25, 0.3) is 0 Å². The fraction of sp³-hybridized carbons (Fsp3) is 0.692. The average Bonchev–Trinajstić information content (AvgIpc) is 2.97. The van der Waals surface area contributed by atoms with Crippen molar-refractivity contribution in [1.29, 1.82) is 0 Å². The highest BCUT2D eigenvalue weighted by Gasteiger charge is 2.17. The van der Waals surface area contributed by atoms with E-state index in [9.17, 15) is 0 Å². The lowest BCUT2D eigenvalue weighted by Gasteiger charge is -2.16. The van der Waals surface area contributed by atoms with E-state index in [0.29, 0.717) is 12.0 Å². The van der Waals surface area contributed by atoms with E-state index in [0.717, 1.165) is 31.6 Å². The van der Waals surface area contributed by atoms with Gasteiger partial charge in [-0.15, -0.1) is 0 Å². The van der Waals surface area contributed by atoms with E-state index in [1.54, 1.807) is 7.11 Å². The summed E-state index contributed by atoms with van der Waals surface area (Å²) in [5.41, 5.74) is 3.67. The van der Waals surface area contributed by atoms with Gasteiger partial charge in [0.25, 0.3) is 0 Å². The van der Waals surface area contributed by atoms with Crippen LogP contribution in [-0.2, 0) is 4.74 Å². The molecule has 1 fully saturated rings. The van der Waals surface area contributed by atoms with Crippen LogP contribution in [0.15, 0.2) is 12.4 Å². The van der Waals surface area contributed by atoms with Crippen LogP contribution in [0.4, 0.5) is 0 Å². The molecule has 2 heterocycles. The van der Waals surface area contributed by atoms with Crippen LogP contribution in [0.2, 0.25) is 0 Å². The normalized spacial score (nSPS) is 20.4. The zero-order chi connectivity index (χ0) is 13.5. The van der Waals surface area contributed by atoms with Crippen LogP contribution < -0.4 is 16.0 Å². The molecule has 1 aromatic rings. The van der Waals surface area contributed by atoms with Crippen molar-refractivity contribution in [1.82, 2.24) is 15.4 Å². The molecule has 19 heavy (non-hydrogen) atoms. The molecule has 1 aromatic heterocycles. The molecule has 3 N–H and O–H groups in total. The second kappa shape index (κ2) is 7.37. The van der Waals surface area contributed by atoms with Gasteiger partial charge >= 0.3 is 0 Å². The van der Waals surface area contributed by atoms with Gasteiger partial charge in [0.1, 0.15) is 6.33 Å². The number of methoxy groups -OCH3 is 1. The van der Waals surface area contributed by atoms with Gasteiger partial charge < -0.3 is 9.47 Å². The molecule has 2 rings (SSSR count). The Morgan fingerprint density at radius 3 is 3.16 bits per heavy atom. The first-order chi connectivity index (χ1) is 9.33. The topological polar surface area (TPSA) is 82.3 Å². The van der Waals surface area contributed by atoms with Crippen molar-refractivity contribution in [3.8, 4) is 5.88 Å². The fourth-order valence-corrected chi connectivity index (χ4v) is 2.39. The summed E-state index contributed by atoms with van der Waals surface area (Å²) in [6, 6.07) is 1.84. The van der Waals surface area contributed by atoms with Gasteiger partial charge in [-0.2, -0.15) is 0 Å². The molecule has 0 bridgehead atoms. The molecule has 6 heteroatoms. The highest BCUT2D eigenvalue weighted by atomic mass is 16.5. The predicted molar refractivity (Wildman–Crippen MR) is 71.5 cm³/mol. The van der Waals surface area contributed by atoms with Crippen molar-refractivity contribution >= 4 is 0 Å². The van der Waals surface area contributed by atoms with Gasteiger partial charge in [0.2, 0.25) is 5.88 Å². The minimum atomic E-state index is 0.0262.